The zero-order valence-electron chi connectivity index (χ0n) is 15.0. The van der Waals surface area contributed by atoms with E-state index in [-0.39, 0.29) is 24.7 Å². The lowest BCUT2D eigenvalue weighted by Crippen LogP contribution is -2.27. The second-order valence-corrected chi connectivity index (χ2v) is 7.40. The van der Waals surface area contributed by atoms with Gasteiger partial charge < -0.3 is 20.4 Å². The summed E-state index contributed by atoms with van der Waals surface area (Å²) < 4.78 is 0. The Hall–Kier alpha value is -2.12. The molecule has 26 heavy (non-hydrogen) atoms. The van der Waals surface area contributed by atoms with Gasteiger partial charge in [0.15, 0.2) is 11.8 Å². The van der Waals surface area contributed by atoms with E-state index in [9.17, 15) is 19.2 Å². The van der Waals surface area contributed by atoms with Crippen LogP contribution in [-0.2, 0) is 19.2 Å². The van der Waals surface area contributed by atoms with E-state index < -0.39 is 35.7 Å². The third-order valence-electron chi connectivity index (χ3n) is 5.49. The molecule has 0 radical (unpaired) electrons. The van der Waals surface area contributed by atoms with Gasteiger partial charge in [-0.3, -0.25) is 19.2 Å². The quantitative estimate of drug-likeness (QED) is 0.337. The molecule has 1 fully saturated rings. The highest BCUT2D eigenvalue weighted by Gasteiger charge is 2.33. The van der Waals surface area contributed by atoms with Gasteiger partial charge in [-0.25, -0.2) is 0 Å². The lowest BCUT2D eigenvalue weighted by atomic mass is 9.78. The molecule has 0 amide bonds. The predicted molar refractivity (Wildman–Crippen MR) is 90.6 cm³/mol. The predicted octanol–water partition coefficient (Wildman–Crippen LogP) is 2.56. The summed E-state index contributed by atoms with van der Waals surface area (Å²) in [4.78, 5) is 44.3. The lowest BCUT2D eigenvalue weighted by molar-refractivity contribution is -0.157. The van der Waals surface area contributed by atoms with Gasteiger partial charge in [0.05, 0.1) is 0 Å². The largest absolute Gasteiger partial charge is 0.481 e. The highest BCUT2D eigenvalue weighted by molar-refractivity contribution is 5.93. The van der Waals surface area contributed by atoms with E-state index in [1.165, 1.54) is 0 Å². The molecule has 0 saturated heterocycles. The van der Waals surface area contributed by atoms with E-state index in [0.717, 1.165) is 25.7 Å². The normalized spacial score (nSPS) is 23.6. The maximum atomic E-state index is 11.1. The zero-order valence-corrected chi connectivity index (χ0v) is 15.0. The van der Waals surface area contributed by atoms with Crippen molar-refractivity contribution in [2.24, 2.45) is 29.6 Å². The van der Waals surface area contributed by atoms with Crippen LogP contribution in [0.4, 0.5) is 0 Å². The van der Waals surface area contributed by atoms with Crippen molar-refractivity contribution in [1.82, 2.24) is 0 Å². The standard InChI is InChI=1S/C18H28O8/c1-10-3-2-4-11(5-7-13(15(19)20)16(21)22)12(9-10)6-8-14(17(23)24)18(25)26/h10-14H,2-9H2,1H3,(H,19,20)(H,21,22)(H,23,24)(H,25,26). The number of aliphatic carboxylic acids is 4. The van der Waals surface area contributed by atoms with Crippen LogP contribution in [0.1, 0.15) is 58.3 Å². The van der Waals surface area contributed by atoms with E-state index >= 15 is 0 Å². The van der Waals surface area contributed by atoms with E-state index in [4.69, 9.17) is 20.4 Å². The van der Waals surface area contributed by atoms with E-state index in [1.807, 2.05) is 0 Å². The Kier molecular flexibility index (Phi) is 8.54. The van der Waals surface area contributed by atoms with Gasteiger partial charge in [0, 0.05) is 0 Å². The Labute approximate surface area is 152 Å². The molecule has 1 saturated carbocycles. The highest BCUT2D eigenvalue weighted by atomic mass is 16.4. The van der Waals surface area contributed by atoms with Crippen LogP contribution in [0.15, 0.2) is 0 Å². The number of hydrogen-bond donors (Lipinski definition) is 4. The Morgan fingerprint density at radius 3 is 1.62 bits per heavy atom. The van der Waals surface area contributed by atoms with Crippen LogP contribution in [-0.4, -0.2) is 44.3 Å². The molecule has 0 spiro atoms. The fourth-order valence-electron chi connectivity index (χ4n) is 3.99. The van der Waals surface area contributed by atoms with Crippen LogP contribution in [0.2, 0.25) is 0 Å². The summed E-state index contributed by atoms with van der Waals surface area (Å²) in [6.45, 7) is 2.10. The molecule has 148 valence electrons. The second kappa shape index (κ2) is 10.1. The van der Waals surface area contributed by atoms with Crippen LogP contribution in [0, 0.1) is 29.6 Å². The van der Waals surface area contributed by atoms with Gasteiger partial charge in [-0.15, -0.1) is 0 Å². The Balaban J connectivity index is 2.78. The maximum Gasteiger partial charge on any atom is 0.317 e. The number of carboxylic acid groups (broad SMARTS) is 4. The third-order valence-corrected chi connectivity index (χ3v) is 5.49. The molecule has 0 aliphatic heterocycles. The first-order chi connectivity index (χ1) is 12.1. The summed E-state index contributed by atoms with van der Waals surface area (Å²) in [5, 5.41) is 36.1. The highest BCUT2D eigenvalue weighted by Crippen LogP contribution is 2.38. The van der Waals surface area contributed by atoms with E-state index in [0.29, 0.717) is 18.8 Å². The molecule has 0 heterocycles. The number of carbonyl (C=O) groups is 4. The first-order valence-corrected chi connectivity index (χ1v) is 9.04. The minimum absolute atomic E-state index is 0.0276. The maximum absolute atomic E-state index is 11.1. The zero-order chi connectivity index (χ0) is 19.9. The van der Waals surface area contributed by atoms with Gasteiger partial charge >= 0.3 is 23.9 Å². The summed E-state index contributed by atoms with van der Waals surface area (Å²) in [6, 6.07) is 0. The molecule has 8 heteroatoms. The molecule has 1 rings (SSSR count). The monoisotopic (exact) mass is 372 g/mol. The molecular formula is C18H28O8. The van der Waals surface area contributed by atoms with Crippen molar-refractivity contribution in [3.63, 3.8) is 0 Å². The van der Waals surface area contributed by atoms with Crippen molar-refractivity contribution < 1.29 is 39.6 Å². The van der Waals surface area contributed by atoms with Gasteiger partial charge in [0.1, 0.15) is 0 Å². The molecule has 4 N–H and O–H groups in total. The van der Waals surface area contributed by atoms with Crippen LogP contribution in [0.3, 0.4) is 0 Å². The van der Waals surface area contributed by atoms with Crippen molar-refractivity contribution in [2.75, 3.05) is 0 Å². The topological polar surface area (TPSA) is 149 Å². The van der Waals surface area contributed by atoms with Gasteiger partial charge in [-0.05, 0) is 49.9 Å². The van der Waals surface area contributed by atoms with Crippen molar-refractivity contribution in [3.8, 4) is 0 Å². The van der Waals surface area contributed by atoms with Crippen LogP contribution in [0.5, 0.6) is 0 Å². The first-order valence-electron chi connectivity index (χ1n) is 9.04. The van der Waals surface area contributed by atoms with Crippen LogP contribution in [0.25, 0.3) is 0 Å². The first kappa shape index (κ1) is 21.9. The van der Waals surface area contributed by atoms with E-state index in [1.54, 1.807) is 0 Å². The van der Waals surface area contributed by atoms with Crippen LogP contribution < -0.4 is 0 Å². The second-order valence-electron chi connectivity index (χ2n) is 7.40. The number of carboxylic acids is 4. The molecule has 0 aromatic carbocycles. The van der Waals surface area contributed by atoms with E-state index in [2.05, 4.69) is 6.92 Å². The minimum atomic E-state index is -1.44. The Bertz CT molecular complexity index is 501. The lowest BCUT2D eigenvalue weighted by Gasteiger charge is -2.27. The van der Waals surface area contributed by atoms with Crippen molar-refractivity contribution in [2.45, 2.75) is 58.3 Å². The molecule has 1 aliphatic rings. The fraction of sp³-hybridized carbons (Fsp3) is 0.778. The van der Waals surface area contributed by atoms with Crippen LogP contribution >= 0.6 is 0 Å². The van der Waals surface area contributed by atoms with Crippen molar-refractivity contribution in [1.29, 1.82) is 0 Å². The molecule has 3 unspecified atom stereocenters. The molecule has 0 bridgehead atoms. The summed E-state index contributed by atoms with van der Waals surface area (Å²) in [5.41, 5.74) is 0. The van der Waals surface area contributed by atoms with Gasteiger partial charge in [0.25, 0.3) is 0 Å². The molecule has 8 nitrogen and oxygen atoms in total. The summed E-state index contributed by atoms with van der Waals surface area (Å²) in [6.07, 6.45) is 4.53. The third kappa shape index (κ3) is 6.65. The summed E-state index contributed by atoms with van der Waals surface area (Å²) in [7, 11) is 0. The van der Waals surface area contributed by atoms with Gasteiger partial charge in [0.2, 0.25) is 0 Å². The molecule has 0 aromatic heterocycles. The number of hydrogen-bond acceptors (Lipinski definition) is 4. The Morgan fingerprint density at radius 1 is 0.769 bits per heavy atom. The average molecular weight is 372 g/mol. The molecular weight excluding hydrogens is 344 g/mol. The molecule has 3 atom stereocenters. The number of rotatable bonds is 10. The smallest absolute Gasteiger partial charge is 0.317 e. The summed E-state index contributed by atoms with van der Waals surface area (Å²) in [5.74, 6) is -7.71. The van der Waals surface area contributed by atoms with Gasteiger partial charge in [-0.2, -0.15) is 0 Å². The summed E-state index contributed by atoms with van der Waals surface area (Å²) >= 11 is 0. The van der Waals surface area contributed by atoms with Crippen molar-refractivity contribution in [3.05, 3.63) is 0 Å². The van der Waals surface area contributed by atoms with Gasteiger partial charge in [-0.1, -0.05) is 26.2 Å². The minimum Gasteiger partial charge on any atom is -0.481 e. The molecule has 0 aromatic rings. The SMILES string of the molecule is CC1CCCC(CCC(C(=O)O)C(=O)O)C(CCC(C(=O)O)C(=O)O)C1. The average Bonchev–Trinajstić information content (AvgIpc) is 2.67. The molecule has 1 aliphatic carbocycles. The Morgan fingerprint density at radius 2 is 1.19 bits per heavy atom. The fourth-order valence-corrected chi connectivity index (χ4v) is 3.99. The van der Waals surface area contributed by atoms with Crippen molar-refractivity contribution >= 4 is 23.9 Å².